The van der Waals surface area contributed by atoms with Crippen molar-refractivity contribution in [2.45, 2.75) is 264 Å². The quantitative estimate of drug-likeness (QED) is 0.0321. The van der Waals surface area contributed by atoms with E-state index in [1.165, 1.54) is 135 Å². The van der Waals surface area contributed by atoms with Crippen LogP contribution in [0.25, 0.3) is 0 Å². The zero-order valence-corrected chi connectivity index (χ0v) is 37.0. The highest BCUT2D eigenvalue weighted by atomic mass is 16.5. The number of rotatable bonds is 44. The summed E-state index contributed by atoms with van der Waals surface area (Å²) in [5.41, 5.74) is 5.49. The minimum atomic E-state index is -1.00. The number of unbranched alkanes of at least 4 members (excludes halogenated alkanes) is 26. The van der Waals surface area contributed by atoms with Gasteiger partial charge >= 0.3 is 11.9 Å². The molecule has 2 unspecified atom stereocenters. The van der Waals surface area contributed by atoms with Crippen molar-refractivity contribution in [3.05, 3.63) is 24.3 Å². The summed E-state index contributed by atoms with van der Waals surface area (Å²) in [4.78, 5) is 36.5. The molecule has 56 heavy (non-hydrogen) atoms. The van der Waals surface area contributed by atoms with Crippen LogP contribution in [0.2, 0.25) is 0 Å². The van der Waals surface area contributed by atoms with Gasteiger partial charge in [-0.05, 0) is 90.0 Å². The zero-order chi connectivity index (χ0) is 41.0. The summed E-state index contributed by atoms with van der Waals surface area (Å²) in [6, 6.07) is -0.856. The third-order valence-electron chi connectivity index (χ3n) is 11.0. The Balaban J connectivity index is 4.33. The van der Waals surface area contributed by atoms with Crippen LogP contribution in [0.1, 0.15) is 251 Å². The maximum absolute atomic E-state index is 12.8. The lowest BCUT2D eigenvalue weighted by atomic mass is 10.0. The van der Waals surface area contributed by atoms with Crippen molar-refractivity contribution < 1.29 is 24.2 Å². The predicted molar refractivity (Wildman–Crippen MR) is 239 cm³/mol. The maximum atomic E-state index is 12.8. The second-order valence-electron chi connectivity index (χ2n) is 16.5. The number of hydrogen-bond donors (Lipinski definition) is 3. The van der Waals surface area contributed by atoms with E-state index in [0.29, 0.717) is 32.2 Å². The van der Waals surface area contributed by atoms with Gasteiger partial charge in [0.15, 0.2) is 0 Å². The molecule has 4 N–H and O–H groups in total. The number of esters is 1. The first-order valence-corrected chi connectivity index (χ1v) is 24.2. The normalized spacial score (nSPS) is 12.8. The van der Waals surface area contributed by atoms with E-state index >= 15 is 0 Å². The molecule has 328 valence electrons. The number of carboxylic acid groups (broad SMARTS) is 1. The molecule has 7 nitrogen and oxygen atoms in total. The number of allylic oxidation sites excluding steroid dienone is 4. The van der Waals surface area contributed by atoms with Crippen LogP contribution in [0.15, 0.2) is 24.3 Å². The van der Waals surface area contributed by atoms with Crippen LogP contribution in [-0.4, -0.2) is 41.6 Å². The monoisotopic (exact) mass is 789 g/mol. The van der Waals surface area contributed by atoms with Crippen LogP contribution in [0.5, 0.6) is 0 Å². The second kappa shape index (κ2) is 44.0. The molecule has 0 aromatic heterocycles. The molecule has 7 heteroatoms. The number of nitrogens with one attached hydrogen (secondary N) is 1. The van der Waals surface area contributed by atoms with Gasteiger partial charge in [-0.25, -0.2) is 4.79 Å². The molecular formula is C49H92N2O5. The summed E-state index contributed by atoms with van der Waals surface area (Å²) < 4.78 is 6.07. The predicted octanol–water partition coefficient (Wildman–Crippen LogP) is 14.0. The summed E-state index contributed by atoms with van der Waals surface area (Å²) in [5, 5.41) is 12.0. The Morgan fingerprint density at radius 2 is 0.929 bits per heavy atom. The molecule has 0 saturated carbocycles. The minimum absolute atomic E-state index is 0.00898. The third kappa shape index (κ3) is 40.1. The Hall–Kier alpha value is -2.15. The molecule has 0 rings (SSSR count). The van der Waals surface area contributed by atoms with Gasteiger partial charge in [-0.3, -0.25) is 9.59 Å². The lowest BCUT2D eigenvalue weighted by molar-refractivity contribution is -0.150. The Morgan fingerprint density at radius 1 is 0.518 bits per heavy atom. The number of ether oxygens (including phenoxy) is 1. The fourth-order valence-electron chi connectivity index (χ4n) is 7.36. The van der Waals surface area contributed by atoms with Gasteiger partial charge in [-0.1, -0.05) is 179 Å². The van der Waals surface area contributed by atoms with Crippen LogP contribution in [-0.2, 0) is 19.1 Å². The van der Waals surface area contributed by atoms with Crippen molar-refractivity contribution in [3.63, 3.8) is 0 Å². The third-order valence-corrected chi connectivity index (χ3v) is 11.0. The van der Waals surface area contributed by atoms with Crippen molar-refractivity contribution in [3.8, 4) is 0 Å². The molecule has 0 aliphatic heterocycles. The van der Waals surface area contributed by atoms with Gasteiger partial charge in [0, 0.05) is 12.8 Å². The molecule has 0 fully saturated rings. The van der Waals surface area contributed by atoms with E-state index in [4.69, 9.17) is 10.5 Å². The molecule has 0 saturated heterocycles. The Kier molecular flexibility index (Phi) is 42.3. The molecule has 0 radical (unpaired) electrons. The molecule has 0 spiro atoms. The molecule has 0 aromatic carbocycles. The smallest absolute Gasteiger partial charge is 0.326 e. The number of amides is 1. The number of carboxylic acids is 1. The van der Waals surface area contributed by atoms with Gasteiger partial charge < -0.3 is 20.9 Å². The highest BCUT2D eigenvalue weighted by Crippen LogP contribution is 2.19. The fraction of sp³-hybridized carbons (Fsp3) is 0.857. The number of nitrogens with two attached hydrogens (primary N) is 1. The number of carbonyl (C=O) groups is 3. The standard InChI is InChI=1S/C49H92N2O5/c1-3-5-7-9-11-13-15-17-19-21-23-25-27-30-34-39-45(40-35-31-29-32-36-42-47(52)51-46(49(54)55)41-38-44-50)56-48(53)43-37-33-28-26-24-22-20-18-16-14-12-10-8-6-4-2/h12,14,18,20,45-46H,3-11,13,15-17,19,21-44,50H2,1-2H3,(H,51,52)(H,54,55)/b14-12-,20-18-. The van der Waals surface area contributed by atoms with Crippen molar-refractivity contribution in [1.29, 1.82) is 0 Å². The van der Waals surface area contributed by atoms with Crippen LogP contribution in [0.4, 0.5) is 0 Å². The summed E-state index contributed by atoms with van der Waals surface area (Å²) in [7, 11) is 0. The van der Waals surface area contributed by atoms with Gasteiger partial charge in [-0.2, -0.15) is 0 Å². The number of aliphatic carboxylic acids is 1. The molecule has 0 bridgehead atoms. The fourth-order valence-corrected chi connectivity index (χ4v) is 7.36. The van der Waals surface area contributed by atoms with E-state index in [9.17, 15) is 19.5 Å². The molecule has 2 atom stereocenters. The van der Waals surface area contributed by atoms with Gasteiger partial charge in [0.25, 0.3) is 0 Å². The van der Waals surface area contributed by atoms with E-state index in [0.717, 1.165) is 77.0 Å². The van der Waals surface area contributed by atoms with Crippen molar-refractivity contribution in [1.82, 2.24) is 5.32 Å². The number of hydrogen-bond acceptors (Lipinski definition) is 5. The lowest BCUT2D eigenvalue weighted by Gasteiger charge is -2.18. The number of carbonyl (C=O) groups excluding carboxylic acids is 2. The van der Waals surface area contributed by atoms with E-state index in [1.807, 2.05) is 0 Å². The average molecular weight is 789 g/mol. The van der Waals surface area contributed by atoms with Crippen LogP contribution < -0.4 is 11.1 Å². The Morgan fingerprint density at radius 3 is 1.41 bits per heavy atom. The highest BCUT2D eigenvalue weighted by Gasteiger charge is 2.19. The van der Waals surface area contributed by atoms with E-state index in [2.05, 4.69) is 43.5 Å². The summed E-state index contributed by atoms with van der Waals surface area (Å²) in [6.07, 6.45) is 50.8. The van der Waals surface area contributed by atoms with Crippen LogP contribution >= 0.6 is 0 Å². The largest absolute Gasteiger partial charge is 0.480 e. The van der Waals surface area contributed by atoms with Crippen LogP contribution in [0, 0.1) is 0 Å². The molecule has 0 aliphatic rings. The molecule has 0 aliphatic carbocycles. The average Bonchev–Trinajstić information content (AvgIpc) is 3.18. The van der Waals surface area contributed by atoms with E-state index in [-0.39, 0.29) is 18.0 Å². The first-order chi connectivity index (χ1) is 27.4. The lowest BCUT2D eigenvalue weighted by Crippen LogP contribution is -2.40. The molecule has 0 aromatic rings. The Bertz CT molecular complexity index is 935. The first kappa shape index (κ1) is 53.9. The SMILES string of the molecule is CCCCC/C=C\C/C=C\CCCCCCCC(=O)OC(CCCCCCCCCCCCCCCCC)CCCCCCCC(=O)NC(CCCN)C(=O)O. The molecular weight excluding hydrogens is 697 g/mol. The summed E-state index contributed by atoms with van der Waals surface area (Å²) in [6.45, 7) is 4.94. The van der Waals surface area contributed by atoms with Gasteiger partial charge in [-0.15, -0.1) is 0 Å². The zero-order valence-electron chi connectivity index (χ0n) is 37.0. The highest BCUT2D eigenvalue weighted by molar-refractivity contribution is 5.83. The van der Waals surface area contributed by atoms with Crippen molar-refractivity contribution in [2.75, 3.05) is 6.54 Å². The summed E-state index contributed by atoms with van der Waals surface area (Å²) in [5.74, 6) is -1.23. The van der Waals surface area contributed by atoms with Gasteiger partial charge in [0.05, 0.1) is 0 Å². The van der Waals surface area contributed by atoms with Gasteiger partial charge in [0.1, 0.15) is 12.1 Å². The minimum Gasteiger partial charge on any atom is -0.480 e. The Labute approximate surface area is 346 Å². The maximum Gasteiger partial charge on any atom is 0.326 e. The molecule has 0 heterocycles. The molecule has 1 amide bonds. The van der Waals surface area contributed by atoms with E-state index in [1.54, 1.807) is 0 Å². The summed E-state index contributed by atoms with van der Waals surface area (Å²) >= 11 is 0. The van der Waals surface area contributed by atoms with Crippen LogP contribution in [0.3, 0.4) is 0 Å². The topological polar surface area (TPSA) is 119 Å². The first-order valence-electron chi connectivity index (χ1n) is 24.2. The van der Waals surface area contributed by atoms with Crippen molar-refractivity contribution >= 4 is 17.8 Å². The second-order valence-corrected chi connectivity index (χ2v) is 16.5. The van der Waals surface area contributed by atoms with Crippen molar-refractivity contribution in [2.24, 2.45) is 5.73 Å². The van der Waals surface area contributed by atoms with Gasteiger partial charge in [0.2, 0.25) is 5.91 Å². The van der Waals surface area contributed by atoms with E-state index < -0.39 is 12.0 Å².